The predicted octanol–water partition coefficient (Wildman–Crippen LogP) is 2.08. The van der Waals surface area contributed by atoms with Crippen molar-refractivity contribution in [3.8, 4) is 0 Å². The van der Waals surface area contributed by atoms with Crippen molar-refractivity contribution < 1.29 is 22.7 Å². The number of carbonyl (C=O) groups excluding carboxylic acids is 2. The number of amides is 1. The number of anilines is 1. The summed E-state index contributed by atoms with van der Waals surface area (Å²) < 4.78 is 31.1. The van der Waals surface area contributed by atoms with Gasteiger partial charge in [-0.3, -0.25) is 9.59 Å². The van der Waals surface area contributed by atoms with Crippen molar-refractivity contribution >= 4 is 38.9 Å². The Morgan fingerprint density at radius 2 is 2.00 bits per heavy atom. The molecule has 0 radical (unpaired) electrons. The van der Waals surface area contributed by atoms with Crippen LogP contribution in [-0.2, 0) is 30.8 Å². The minimum absolute atomic E-state index is 0.0748. The van der Waals surface area contributed by atoms with Gasteiger partial charge in [-0.1, -0.05) is 12.1 Å². The Kier molecular flexibility index (Phi) is 6.90. The standard InChI is InChI=1S/C17H20N2O5S2/c1-12-5-6-13(10-15(12)26(22,23)18-2)19-16(20)11-24-17(21)8-7-14-4-3-9-25-14/h3-6,9-10,18H,7-8,11H2,1-2H3,(H,19,20). The fourth-order valence-electron chi connectivity index (χ4n) is 2.17. The molecule has 1 aromatic heterocycles. The third-order valence-electron chi connectivity index (χ3n) is 3.55. The second-order valence-electron chi connectivity index (χ2n) is 5.48. The summed E-state index contributed by atoms with van der Waals surface area (Å²) in [5.41, 5.74) is 0.862. The Hall–Kier alpha value is -2.23. The highest BCUT2D eigenvalue weighted by Crippen LogP contribution is 2.20. The van der Waals surface area contributed by atoms with Crippen molar-refractivity contribution in [3.05, 3.63) is 46.2 Å². The van der Waals surface area contributed by atoms with Crippen LogP contribution in [0.1, 0.15) is 16.9 Å². The third kappa shape index (κ3) is 5.65. The summed E-state index contributed by atoms with van der Waals surface area (Å²) in [6.07, 6.45) is 0.768. The summed E-state index contributed by atoms with van der Waals surface area (Å²) in [6, 6.07) is 8.37. The number of ether oxygens (including phenoxy) is 1. The molecule has 0 atom stereocenters. The fraction of sp³-hybridized carbons (Fsp3) is 0.294. The topological polar surface area (TPSA) is 102 Å². The molecule has 0 saturated carbocycles. The quantitative estimate of drug-likeness (QED) is 0.665. The SMILES string of the molecule is CNS(=O)(=O)c1cc(NC(=O)COC(=O)CCc2cccs2)ccc1C. The first-order chi connectivity index (χ1) is 12.3. The molecule has 0 aliphatic rings. The van der Waals surface area contributed by atoms with Gasteiger partial charge >= 0.3 is 5.97 Å². The van der Waals surface area contributed by atoms with Gasteiger partial charge in [0.15, 0.2) is 6.61 Å². The van der Waals surface area contributed by atoms with Gasteiger partial charge in [-0.15, -0.1) is 11.3 Å². The van der Waals surface area contributed by atoms with E-state index in [1.807, 2.05) is 17.5 Å². The highest BCUT2D eigenvalue weighted by molar-refractivity contribution is 7.89. The van der Waals surface area contributed by atoms with Crippen LogP contribution >= 0.6 is 11.3 Å². The molecular weight excluding hydrogens is 376 g/mol. The number of nitrogens with one attached hydrogen (secondary N) is 2. The molecule has 2 rings (SSSR count). The molecule has 2 aromatic rings. The monoisotopic (exact) mass is 396 g/mol. The molecule has 0 aliphatic heterocycles. The molecule has 9 heteroatoms. The fourth-order valence-corrected chi connectivity index (χ4v) is 3.88. The van der Waals surface area contributed by atoms with E-state index < -0.39 is 28.5 Å². The summed E-state index contributed by atoms with van der Waals surface area (Å²) in [6.45, 7) is 1.23. The van der Waals surface area contributed by atoms with Gasteiger partial charge in [0.25, 0.3) is 5.91 Å². The summed E-state index contributed by atoms with van der Waals surface area (Å²) in [5.74, 6) is -0.998. The lowest BCUT2D eigenvalue weighted by atomic mass is 10.2. The van der Waals surface area contributed by atoms with Crippen LogP contribution in [0.25, 0.3) is 0 Å². The average molecular weight is 396 g/mol. The van der Waals surface area contributed by atoms with Crippen LogP contribution in [0.3, 0.4) is 0 Å². The summed E-state index contributed by atoms with van der Waals surface area (Å²) in [4.78, 5) is 24.7. The number of hydrogen-bond donors (Lipinski definition) is 2. The number of aryl methyl sites for hydroxylation is 2. The van der Waals surface area contributed by atoms with Crippen LogP contribution in [0.15, 0.2) is 40.6 Å². The molecule has 0 fully saturated rings. The number of thiophene rings is 1. The minimum atomic E-state index is -3.63. The van der Waals surface area contributed by atoms with E-state index in [0.29, 0.717) is 17.7 Å². The van der Waals surface area contributed by atoms with Gasteiger partial charge in [0.05, 0.1) is 11.3 Å². The molecule has 0 bridgehead atoms. The number of sulfonamides is 1. The highest BCUT2D eigenvalue weighted by atomic mass is 32.2. The molecule has 1 aromatic carbocycles. The van der Waals surface area contributed by atoms with Gasteiger partial charge < -0.3 is 10.1 Å². The van der Waals surface area contributed by atoms with E-state index in [-0.39, 0.29) is 11.3 Å². The molecule has 1 amide bonds. The number of esters is 1. The molecule has 7 nitrogen and oxygen atoms in total. The Labute approximate surface area is 156 Å². The first-order valence-corrected chi connectivity index (χ1v) is 10.2. The van der Waals surface area contributed by atoms with Crippen molar-refractivity contribution in [2.75, 3.05) is 19.0 Å². The van der Waals surface area contributed by atoms with E-state index in [2.05, 4.69) is 10.0 Å². The van der Waals surface area contributed by atoms with E-state index in [1.54, 1.807) is 30.4 Å². The normalized spacial score (nSPS) is 11.2. The van der Waals surface area contributed by atoms with Crippen molar-refractivity contribution in [1.82, 2.24) is 4.72 Å². The lowest BCUT2D eigenvalue weighted by Gasteiger charge is -2.10. The second-order valence-corrected chi connectivity index (χ2v) is 8.36. The molecule has 0 saturated heterocycles. The lowest BCUT2D eigenvalue weighted by molar-refractivity contribution is -0.147. The van der Waals surface area contributed by atoms with E-state index in [4.69, 9.17) is 4.74 Å². The lowest BCUT2D eigenvalue weighted by Crippen LogP contribution is -2.22. The maximum absolute atomic E-state index is 12.0. The molecule has 0 aliphatic carbocycles. The smallest absolute Gasteiger partial charge is 0.306 e. The Bertz CT molecular complexity index is 877. The highest BCUT2D eigenvalue weighted by Gasteiger charge is 2.16. The largest absolute Gasteiger partial charge is 0.456 e. The summed E-state index contributed by atoms with van der Waals surface area (Å²) >= 11 is 1.56. The van der Waals surface area contributed by atoms with Crippen molar-refractivity contribution in [1.29, 1.82) is 0 Å². The third-order valence-corrected chi connectivity index (χ3v) is 6.04. The van der Waals surface area contributed by atoms with Crippen LogP contribution in [0.5, 0.6) is 0 Å². The summed E-state index contributed by atoms with van der Waals surface area (Å²) in [7, 11) is -2.31. The van der Waals surface area contributed by atoms with Crippen LogP contribution in [0, 0.1) is 6.92 Å². The van der Waals surface area contributed by atoms with Crippen LogP contribution in [0.2, 0.25) is 0 Å². The van der Waals surface area contributed by atoms with E-state index >= 15 is 0 Å². The van der Waals surface area contributed by atoms with E-state index in [0.717, 1.165) is 4.88 Å². The van der Waals surface area contributed by atoms with Crippen molar-refractivity contribution in [2.24, 2.45) is 0 Å². The Morgan fingerprint density at radius 3 is 2.65 bits per heavy atom. The van der Waals surface area contributed by atoms with Gasteiger partial charge in [-0.05, 0) is 49.5 Å². The molecule has 1 heterocycles. The minimum Gasteiger partial charge on any atom is -0.456 e. The molecular formula is C17H20N2O5S2. The number of rotatable bonds is 8. The number of benzene rings is 1. The number of carbonyl (C=O) groups is 2. The first-order valence-electron chi connectivity index (χ1n) is 7.84. The molecule has 140 valence electrons. The second kappa shape index (κ2) is 8.93. The van der Waals surface area contributed by atoms with Gasteiger partial charge in [0.2, 0.25) is 10.0 Å². The zero-order valence-corrected chi connectivity index (χ0v) is 16.1. The zero-order valence-electron chi connectivity index (χ0n) is 14.4. The molecule has 0 unspecified atom stereocenters. The van der Waals surface area contributed by atoms with Crippen molar-refractivity contribution in [3.63, 3.8) is 0 Å². The average Bonchev–Trinajstić information content (AvgIpc) is 3.13. The first kappa shape index (κ1) is 20.1. The molecule has 0 spiro atoms. The van der Waals surface area contributed by atoms with E-state index in [1.165, 1.54) is 13.1 Å². The van der Waals surface area contributed by atoms with Crippen LogP contribution in [-0.4, -0.2) is 33.9 Å². The van der Waals surface area contributed by atoms with Crippen molar-refractivity contribution in [2.45, 2.75) is 24.7 Å². The Balaban J connectivity index is 1.87. The van der Waals surface area contributed by atoms with Gasteiger partial charge in [-0.2, -0.15) is 0 Å². The number of hydrogen-bond acceptors (Lipinski definition) is 6. The maximum Gasteiger partial charge on any atom is 0.306 e. The summed E-state index contributed by atoms with van der Waals surface area (Å²) in [5, 5.41) is 4.45. The van der Waals surface area contributed by atoms with Crippen LogP contribution in [0.4, 0.5) is 5.69 Å². The molecule has 2 N–H and O–H groups in total. The van der Waals surface area contributed by atoms with Gasteiger partial charge in [0.1, 0.15) is 0 Å². The molecule has 26 heavy (non-hydrogen) atoms. The predicted molar refractivity (Wildman–Crippen MR) is 99.7 cm³/mol. The maximum atomic E-state index is 12.0. The van der Waals surface area contributed by atoms with Gasteiger partial charge in [0, 0.05) is 10.6 Å². The Morgan fingerprint density at radius 1 is 1.23 bits per heavy atom. The van der Waals surface area contributed by atoms with E-state index in [9.17, 15) is 18.0 Å². The van der Waals surface area contributed by atoms with Crippen LogP contribution < -0.4 is 10.0 Å². The van der Waals surface area contributed by atoms with Gasteiger partial charge in [-0.25, -0.2) is 13.1 Å². The zero-order chi connectivity index (χ0) is 19.2.